The van der Waals surface area contributed by atoms with Crippen LogP contribution in [0.15, 0.2) is 30.3 Å². The summed E-state index contributed by atoms with van der Waals surface area (Å²) in [6.07, 6.45) is 1.85. The molecule has 0 aromatic heterocycles. The van der Waals surface area contributed by atoms with Gasteiger partial charge in [-0.1, -0.05) is 51.1 Å². The Morgan fingerprint density at radius 1 is 1.14 bits per heavy atom. The van der Waals surface area contributed by atoms with Gasteiger partial charge in [0, 0.05) is 5.54 Å². The fourth-order valence-corrected chi connectivity index (χ4v) is 2.62. The number of carboxylic acid groups (broad SMARTS) is 1. The minimum atomic E-state index is -0.883. The Hall–Kier alpha value is -1.84. The molecule has 0 aliphatic rings. The largest absolute Gasteiger partial charge is 0.481 e. The normalized spacial score (nSPS) is 12.7. The van der Waals surface area contributed by atoms with Crippen LogP contribution < -0.4 is 5.32 Å². The number of hydrogen-bond donors (Lipinski definition) is 2. The van der Waals surface area contributed by atoms with Crippen molar-refractivity contribution in [3.8, 4) is 0 Å². The minimum absolute atomic E-state index is 0.0447. The van der Waals surface area contributed by atoms with Gasteiger partial charge in [-0.15, -0.1) is 0 Å². The van der Waals surface area contributed by atoms with Crippen molar-refractivity contribution in [2.24, 2.45) is 0 Å². The van der Waals surface area contributed by atoms with Gasteiger partial charge in [0.05, 0.1) is 12.3 Å². The molecule has 1 amide bonds. The van der Waals surface area contributed by atoms with Gasteiger partial charge in [-0.2, -0.15) is 0 Å². The first-order valence-electron chi connectivity index (χ1n) is 7.56. The molecule has 21 heavy (non-hydrogen) atoms. The highest BCUT2D eigenvalue weighted by atomic mass is 16.4. The summed E-state index contributed by atoms with van der Waals surface area (Å²) >= 11 is 0. The quantitative estimate of drug-likeness (QED) is 0.772. The number of carboxylic acids is 1. The number of benzene rings is 1. The molecule has 1 aromatic rings. The highest BCUT2D eigenvalue weighted by molar-refractivity contribution is 5.85. The van der Waals surface area contributed by atoms with Gasteiger partial charge in [-0.25, -0.2) is 0 Å². The molecule has 1 rings (SSSR count). The Morgan fingerprint density at radius 3 is 2.14 bits per heavy atom. The third kappa shape index (κ3) is 4.59. The number of aliphatic carboxylic acids is 1. The average molecular weight is 291 g/mol. The van der Waals surface area contributed by atoms with Crippen molar-refractivity contribution >= 4 is 11.9 Å². The van der Waals surface area contributed by atoms with Crippen LogP contribution in [0.3, 0.4) is 0 Å². The summed E-state index contributed by atoms with van der Waals surface area (Å²) in [5.74, 6) is -1.21. The van der Waals surface area contributed by atoms with E-state index >= 15 is 0 Å². The summed E-state index contributed by atoms with van der Waals surface area (Å²) in [5.41, 5.74) is 0.305. The molecule has 0 bridgehead atoms. The molecule has 0 saturated heterocycles. The van der Waals surface area contributed by atoms with Crippen LogP contribution in [-0.4, -0.2) is 22.5 Å². The lowest BCUT2D eigenvalue weighted by atomic mass is 9.87. The molecule has 0 radical (unpaired) electrons. The van der Waals surface area contributed by atoms with Crippen LogP contribution in [0.5, 0.6) is 0 Å². The Morgan fingerprint density at radius 2 is 1.71 bits per heavy atom. The van der Waals surface area contributed by atoms with Crippen molar-refractivity contribution < 1.29 is 14.7 Å². The van der Waals surface area contributed by atoms with Crippen molar-refractivity contribution in [2.45, 2.75) is 57.9 Å². The van der Waals surface area contributed by atoms with Gasteiger partial charge in [0.2, 0.25) is 5.91 Å². The van der Waals surface area contributed by atoms with E-state index in [0.29, 0.717) is 19.3 Å². The minimum Gasteiger partial charge on any atom is -0.481 e. The van der Waals surface area contributed by atoms with E-state index in [-0.39, 0.29) is 18.2 Å². The van der Waals surface area contributed by atoms with E-state index in [2.05, 4.69) is 5.32 Å². The third-order valence-electron chi connectivity index (χ3n) is 4.16. The van der Waals surface area contributed by atoms with Gasteiger partial charge in [0.15, 0.2) is 0 Å². The molecule has 4 heteroatoms. The smallest absolute Gasteiger partial charge is 0.305 e. The number of carbonyl (C=O) groups is 2. The van der Waals surface area contributed by atoms with E-state index < -0.39 is 11.5 Å². The van der Waals surface area contributed by atoms with Crippen molar-refractivity contribution in [1.82, 2.24) is 5.32 Å². The monoisotopic (exact) mass is 291 g/mol. The van der Waals surface area contributed by atoms with Crippen LogP contribution in [-0.2, 0) is 9.59 Å². The first-order valence-corrected chi connectivity index (χ1v) is 7.56. The predicted octanol–water partition coefficient (Wildman–Crippen LogP) is 3.33. The zero-order valence-electron chi connectivity index (χ0n) is 13.1. The maximum Gasteiger partial charge on any atom is 0.305 e. The van der Waals surface area contributed by atoms with Crippen LogP contribution in [0.25, 0.3) is 0 Å². The molecule has 1 atom stereocenters. The second-order valence-corrected chi connectivity index (χ2v) is 5.42. The highest BCUT2D eigenvalue weighted by Crippen LogP contribution is 2.24. The Bertz CT molecular complexity index is 466. The molecule has 0 heterocycles. The number of carbonyl (C=O) groups excluding carboxylic acids is 1. The molecule has 0 saturated carbocycles. The molecule has 0 aliphatic heterocycles. The summed E-state index contributed by atoms with van der Waals surface area (Å²) in [6.45, 7) is 5.79. The predicted molar refractivity (Wildman–Crippen MR) is 83.2 cm³/mol. The summed E-state index contributed by atoms with van der Waals surface area (Å²) in [7, 11) is 0. The number of hydrogen-bond acceptors (Lipinski definition) is 2. The Labute approximate surface area is 126 Å². The third-order valence-corrected chi connectivity index (χ3v) is 4.16. The van der Waals surface area contributed by atoms with Crippen molar-refractivity contribution in [1.29, 1.82) is 0 Å². The second-order valence-electron chi connectivity index (χ2n) is 5.42. The zero-order valence-corrected chi connectivity index (χ0v) is 13.1. The van der Waals surface area contributed by atoms with E-state index in [0.717, 1.165) is 5.56 Å². The molecule has 0 spiro atoms. The van der Waals surface area contributed by atoms with Crippen molar-refractivity contribution in [3.63, 3.8) is 0 Å². The van der Waals surface area contributed by atoms with Crippen LogP contribution in [0.1, 0.15) is 57.9 Å². The fraction of sp³-hybridized carbons (Fsp3) is 0.529. The molecule has 0 fully saturated rings. The van der Waals surface area contributed by atoms with Gasteiger partial charge < -0.3 is 10.4 Å². The van der Waals surface area contributed by atoms with E-state index in [9.17, 15) is 9.59 Å². The van der Waals surface area contributed by atoms with E-state index in [4.69, 9.17) is 5.11 Å². The lowest BCUT2D eigenvalue weighted by Gasteiger charge is -2.33. The van der Waals surface area contributed by atoms with Crippen LogP contribution >= 0.6 is 0 Å². The molecule has 0 aliphatic carbocycles. The zero-order chi connectivity index (χ0) is 15.9. The number of amides is 1. The molecule has 4 nitrogen and oxygen atoms in total. The van der Waals surface area contributed by atoms with Gasteiger partial charge in [-0.05, 0) is 24.8 Å². The van der Waals surface area contributed by atoms with Gasteiger partial charge >= 0.3 is 5.97 Å². The molecule has 116 valence electrons. The Balaban J connectivity index is 2.92. The maximum absolute atomic E-state index is 12.6. The number of rotatable bonds is 8. The summed E-state index contributed by atoms with van der Waals surface area (Å²) in [5, 5.41) is 12.1. The molecular weight excluding hydrogens is 266 g/mol. The molecule has 1 unspecified atom stereocenters. The standard InChI is InChI=1S/C17H25NO3/c1-4-14(13-10-8-7-9-11-13)16(21)18-17(5-2,6-3)12-15(19)20/h7-11,14H,4-6,12H2,1-3H3,(H,18,21)(H,19,20). The second kappa shape index (κ2) is 7.81. The summed E-state index contributed by atoms with van der Waals surface area (Å²) in [4.78, 5) is 23.7. The molecule has 1 aromatic carbocycles. The van der Waals surface area contributed by atoms with Crippen LogP contribution in [0.4, 0.5) is 0 Å². The summed E-state index contributed by atoms with van der Waals surface area (Å²) in [6, 6.07) is 9.61. The van der Waals surface area contributed by atoms with E-state index in [1.165, 1.54) is 0 Å². The van der Waals surface area contributed by atoms with Gasteiger partial charge in [-0.3, -0.25) is 9.59 Å². The van der Waals surface area contributed by atoms with E-state index in [1.54, 1.807) is 0 Å². The van der Waals surface area contributed by atoms with Crippen molar-refractivity contribution in [3.05, 3.63) is 35.9 Å². The SMILES string of the molecule is CCC(C(=O)NC(CC)(CC)CC(=O)O)c1ccccc1. The first kappa shape index (κ1) is 17.2. The fourth-order valence-electron chi connectivity index (χ4n) is 2.62. The highest BCUT2D eigenvalue weighted by Gasteiger charge is 2.33. The Kier molecular flexibility index (Phi) is 6.40. The lowest BCUT2D eigenvalue weighted by molar-refractivity contribution is -0.139. The molecule has 2 N–H and O–H groups in total. The number of nitrogens with one attached hydrogen (secondary N) is 1. The van der Waals surface area contributed by atoms with Gasteiger partial charge in [0.1, 0.15) is 0 Å². The lowest BCUT2D eigenvalue weighted by Crippen LogP contribution is -2.50. The van der Waals surface area contributed by atoms with Crippen LogP contribution in [0, 0.1) is 0 Å². The average Bonchev–Trinajstić information content (AvgIpc) is 2.47. The van der Waals surface area contributed by atoms with Crippen LogP contribution in [0.2, 0.25) is 0 Å². The van der Waals surface area contributed by atoms with E-state index in [1.807, 2.05) is 51.1 Å². The topological polar surface area (TPSA) is 66.4 Å². The van der Waals surface area contributed by atoms with Gasteiger partial charge in [0.25, 0.3) is 0 Å². The maximum atomic E-state index is 12.6. The van der Waals surface area contributed by atoms with Crippen molar-refractivity contribution in [2.75, 3.05) is 0 Å². The molecular formula is C17H25NO3. The first-order chi connectivity index (χ1) is 9.98. The summed E-state index contributed by atoms with van der Waals surface area (Å²) < 4.78 is 0.